The lowest BCUT2D eigenvalue weighted by molar-refractivity contribution is 0.480. The van der Waals surface area contributed by atoms with Gasteiger partial charge in [-0.3, -0.25) is 0 Å². The fourth-order valence-electron chi connectivity index (χ4n) is 2.95. The van der Waals surface area contributed by atoms with E-state index in [1.807, 2.05) is 0 Å². The van der Waals surface area contributed by atoms with Gasteiger partial charge >= 0.3 is 0 Å². The molecule has 1 unspecified atom stereocenters. The van der Waals surface area contributed by atoms with Gasteiger partial charge < -0.3 is 5.32 Å². The second kappa shape index (κ2) is 5.44. The van der Waals surface area contributed by atoms with Gasteiger partial charge in [-0.2, -0.15) is 0 Å². The molecule has 1 saturated carbocycles. The number of nitrogens with one attached hydrogen (secondary N) is 1. The summed E-state index contributed by atoms with van der Waals surface area (Å²) in [6.45, 7) is 3.58. The molecule has 0 spiro atoms. The molecule has 0 saturated heterocycles. The molecule has 1 heteroatoms. The molecular weight excluding hydrogens is 218 g/mol. The molecule has 1 nitrogen and oxygen atoms in total. The van der Waals surface area contributed by atoms with Crippen molar-refractivity contribution >= 4 is 0 Å². The molecule has 98 valence electrons. The zero-order chi connectivity index (χ0) is 12.4. The molecule has 0 radical (unpaired) electrons. The van der Waals surface area contributed by atoms with Crippen LogP contribution in [0.5, 0.6) is 0 Å². The Labute approximate surface area is 111 Å². The molecule has 1 atom stereocenters. The van der Waals surface area contributed by atoms with E-state index in [4.69, 9.17) is 0 Å². The van der Waals surface area contributed by atoms with E-state index in [0.717, 1.165) is 12.0 Å². The van der Waals surface area contributed by atoms with E-state index in [0.29, 0.717) is 0 Å². The van der Waals surface area contributed by atoms with Crippen LogP contribution < -0.4 is 5.32 Å². The molecule has 2 aliphatic carbocycles. The molecule has 1 aromatic rings. The zero-order valence-electron chi connectivity index (χ0n) is 11.5. The van der Waals surface area contributed by atoms with Crippen molar-refractivity contribution < 1.29 is 0 Å². The van der Waals surface area contributed by atoms with E-state index in [1.165, 1.54) is 51.5 Å². The van der Waals surface area contributed by atoms with Crippen LogP contribution in [0.4, 0.5) is 0 Å². The third-order valence-electron chi connectivity index (χ3n) is 4.42. The van der Waals surface area contributed by atoms with Crippen molar-refractivity contribution in [3.8, 4) is 0 Å². The van der Waals surface area contributed by atoms with Crippen molar-refractivity contribution in [1.29, 1.82) is 0 Å². The number of aryl methyl sites for hydroxylation is 3. The molecule has 1 fully saturated rings. The Balaban J connectivity index is 1.46. The lowest BCUT2D eigenvalue weighted by atomic mass is 9.98. The minimum Gasteiger partial charge on any atom is -0.314 e. The summed E-state index contributed by atoms with van der Waals surface area (Å²) >= 11 is 0. The van der Waals surface area contributed by atoms with Crippen molar-refractivity contribution in [2.24, 2.45) is 5.92 Å². The number of rotatable bonds is 6. The highest BCUT2D eigenvalue weighted by molar-refractivity contribution is 5.35. The van der Waals surface area contributed by atoms with E-state index in [-0.39, 0.29) is 0 Å². The highest BCUT2D eigenvalue weighted by Gasteiger charge is 2.20. The Hall–Kier alpha value is -0.820. The van der Waals surface area contributed by atoms with Gasteiger partial charge in [0.25, 0.3) is 0 Å². The molecule has 0 amide bonds. The third-order valence-corrected chi connectivity index (χ3v) is 4.42. The summed E-state index contributed by atoms with van der Waals surface area (Å²) in [4.78, 5) is 0. The molecule has 2 aliphatic rings. The van der Waals surface area contributed by atoms with Crippen molar-refractivity contribution in [2.75, 3.05) is 6.54 Å². The number of hydrogen-bond acceptors (Lipinski definition) is 1. The van der Waals surface area contributed by atoms with Crippen LogP contribution in [-0.2, 0) is 19.3 Å². The first-order chi connectivity index (χ1) is 8.81. The summed E-state index contributed by atoms with van der Waals surface area (Å²) in [5.41, 5.74) is 4.77. The summed E-state index contributed by atoms with van der Waals surface area (Å²) < 4.78 is 0. The van der Waals surface area contributed by atoms with Gasteiger partial charge in [0.05, 0.1) is 0 Å². The second-order valence-corrected chi connectivity index (χ2v) is 6.28. The average Bonchev–Trinajstić information content (AvgIpc) is 3.10. The van der Waals surface area contributed by atoms with E-state index in [2.05, 4.69) is 30.4 Å². The Morgan fingerprint density at radius 2 is 2.06 bits per heavy atom. The van der Waals surface area contributed by atoms with Gasteiger partial charge in [-0.1, -0.05) is 25.1 Å². The molecule has 1 N–H and O–H groups in total. The lowest BCUT2D eigenvalue weighted by Gasteiger charge is -2.12. The minimum atomic E-state index is 0.804. The SMILES string of the molecule is CC(CCc1ccc2c(c1)CCC2)CNC1CC1. The van der Waals surface area contributed by atoms with Crippen LogP contribution in [0.1, 0.15) is 49.3 Å². The van der Waals surface area contributed by atoms with Crippen molar-refractivity contribution in [3.63, 3.8) is 0 Å². The standard InChI is InChI=1S/C17H25N/c1-13(12-18-17-9-10-17)5-6-14-7-8-15-3-2-4-16(15)11-14/h7-8,11,13,17-18H,2-6,9-10,12H2,1H3. The van der Waals surface area contributed by atoms with Crippen molar-refractivity contribution in [1.82, 2.24) is 5.32 Å². The molecule has 0 heterocycles. The number of hydrogen-bond donors (Lipinski definition) is 1. The molecule has 0 aromatic heterocycles. The van der Waals surface area contributed by atoms with E-state index >= 15 is 0 Å². The van der Waals surface area contributed by atoms with Gasteiger partial charge in [-0.25, -0.2) is 0 Å². The van der Waals surface area contributed by atoms with Gasteiger partial charge in [-0.15, -0.1) is 0 Å². The topological polar surface area (TPSA) is 12.0 Å². The molecule has 0 bridgehead atoms. The summed E-state index contributed by atoms with van der Waals surface area (Å²) in [5, 5.41) is 3.63. The first kappa shape index (κ1) is 12.2. The van der Waals surface area contributed by atoms with Crippen LogP contribution in [0.15, 0.2) is 18.2 Å². The maximum absolute atomic E-state index is 3.63. The maximum Gasteiger partial charge on any atom is 0.00683 e. The van der Waals surface area contributed by atoms with E-state index < -0.39 is 0 Å². The third kappa shape index (κ3) is 3.14. The summed E-state index contributed by atoms with van der Waals surface area (Å²) in [6, 6.07) is 8.03. The molecule has 0 aliphatic heterocycles. The zero-order valence-corrected chi connectivity index (χ0v) is 11.5. The van der Waals surface area contributed by atoms with Crippen LogP contribution in [0.3, 0.4) is 0 Å². The van der Waals surface area contributed by atoms with Gasteiger partial charge in [0, 0.05) is 6.04 Å². The largest absolute Gasteiger partial charge is 0.314 e. The number of benzene rings is 1. The van der Waals surface area contributed by atoms with Gasteiger partial charge in [0.15, 0.2) is 0 Å². The average molecular weight is 243 g/mol. The van der Waals surface area contributed by atoms with Gasteiger partial charge in [0.1, 0.15) is 0 Å². The Bertz CT molecular complexity index is 406. The van der Waals surface area contributed by atoms with Crippen LogP contribution in [0.2, 0.25) is 0 Å². The van der Waals surface area contributed by atoms with Gasteiger partial charge in [0.2, 0.25) is 0 Å². The summed E-state index contributed by atoms with van der Waals surface area (Å²) in [6.07, 6.45) is 9.34. The first-order valence-electron chi connectivity index (χ1n) is 7.65. The quantitative estimate of drug-likeness (QED) is 0.806. The Kier molecular flexibility index (Phi) is 3.69. The summed E-state index contributed by atoms with van der Waals surface area (Å²) in [5.74, 6) is 0.804. The molecule has 3 rings (SSSR count). The predicted octanol–water partition coefficient (Wildman–Crippen LogP) is 3.50. The normalized spacial score (nSPS) is 19.8. The molecule has 18 heavy (non-hydrogen) atoms. The fourth-order valence-corrected chi connectivity index (χ4v) is 2.95. The highest BCUT2D eigenvalue weighted by Crippen LogP contribution is 2.24. The van der Waals surface area contributed by atoms with Gasteiger partial charge in [-0.05, 0) is 74.1 Å². The fraction of sp³-hybridized carbons (Fsp3) is 0.647. The van der Waals surface area contributed by atoms with Crippen molar-refractivity contribution in [2.45, 2.75) is 57.9 Å². The van der Waals surface area contributed by atoms with E-state index in [1.54, 1.807) is 16.7 Å². The number of fused-ring (bicyclic) bond motifs is 1. The Morgan fingerprint density at radius 1 is 1.22 bits per heavy atom. The molecule has 1 aromatic carbocycles. The minimum absolute atomic E-state index is 0.804. The van der Waals surface area contributed by atoms with Crippen LogP contribution in [0.25, 0.3) is 0 Å². The monoisotopic (exact) mass is 243 g/mol. The van der Waals surface area contributed by atoms with Crippen LogP contribution in [0, 0.1) is 5.92 Å². The smallest absolute Gasteiger partial charge is 0.00683 e. The Morgan fingerprint density at radius 3 is 2.89 bits per heavy atom. The highest BCUT2D eigenvalue weighted by atomic mass is 14.9. The first-order valence-corrected chi connectivity index (χ1v) is 7.65. The van der Waals surface area contributed by atoms with Crippen molar-refractivity contribution in [3.05, 3.63) is 34.9 Å². The van der Waals surface area contributed by atoms with Crippen LogP contribution >= 0.6 is 0 Å². The summed E-state index contributed by atoms with van der Waals surface area (Å²) in [7, 11) is 0. The maximum atomic E-state index is 3.63. The lowest BCUT2D eigenvalue weighted by Crippen LogP contribution is -2.23. The predicted molar refractivity (Wildman–Crippen MR) is 77.0 cm³/mol. The molecular formula is C17H25N. The van der Waals surface area contributed by atoms with E-state index in [9.17, 15) is 0 Å². The second-order valence-electron chi connectivity index (χ2n) is 6.28. The van der Waals surface area contributed by atoms with Crippen LogP contribution in [-0.4, -0.2) is 12.6 Å².